The van der Waals surface area contributed by atoms with E-state index in [1.807, 2.05) is 24.3 Å². The fourth-order valence-corrected chi connectivity index (χ4v) is 3.07. The summed E-state index contributed by atoms with van der Waals surface area (Å²) in [4.78, 5) is 0. The SMILES string of the molecule is N#Cc1ccccc1-c1oc(Br)c2ccc(CBr)cc12. The van der Waals surface area contributed by atoms with Gasteiger partial charge in [0.05, 0.1) is 11.6 Å². The first-order valence-electron chi connectivity index (χ1n) is 6.01. The van der Waals surface area contributed by atoms with E-state index in [0.29, 0.717) is 10.2 Å². The second-order valence-corrected chi connectivity index (χ2v) is 5.66. The number of benzene rings is 2. The fraction of sp³-hybridized carbons (Fsp3) is 0.0625. The molecule has 0 bridgehead atoms. The van der Waals surface area contributed by atoms with Crippen molar-refractivity contribution >= 4 is 42.6 Å². The molecule has 3 aromatic rings. The molecule has 3 rings (SSSR count). The van der Waals surface area contributed by atoms with Crippen molar-refractivity contribution in [2.24, 2.45) is 0 Å². The van der Waals surface area contributed by atoms with Gasteiger partial charge < -0.3 is 4.42 Å². The van der Waals surface area contributed by atoms with E-state index in [0.717, 1.165) is 27.4 Å². The van der Waals surface area contributed by atoms with Gasteiger partial charge in [0.25, 0.3) is 0 Å². The van der Waals surface area contributed by atoms with E-state index in [9.17, 15) is 5.26 Å². The molecule has 0 atom stereocenters. The average molecular weight is 391 g/mol. The number of alkyl halides is 1. The molecule has 0 amide bonds. The predicted molar refractivity (Wildman–Crippen MR) is 86.7 cm³/mol. The Balaban J connectivity index is 2.34. The Hall–Kier alpha value is -1.57. The van der Waals surface area contributed by atoms with Crippen LogP contribution in [0.2, 0.25) is 0 Å². The first kappa shape index (κ1) is 13.4. The normalized spacial score (nSPS) is 10.7. The molecule has 0 aliphatic carbocycles. The fourth-order valence-electron chi connectivity index (χ4n) is 2.21. The van der Waals surface area contributed by atoms with Crippen molar-refractivity contribution in [3.8, 4) is 17.4 Å². The maximum atomic E-state index is 9.25. The molecule has 0 N–H and O–H groups in total. The van der Waals surface area contributed by atoms with Crippen LogP contribution in [0.3, 0.4) is 0 Å². The van der Waals surface area contributed by atoms with Crippen LogP contribution in [0, 0.1) is 11.3 Å². The molecule has 0 saturated carbocycles. The molecule has 0 saturated heterocycles. The lowest BCUT2D eigenvalue weighted by molar-refractivity contribution is 0.561. The van der Waals surface area contributed by atoms with Gasteiger partial charge in [0.2, 0.25) is 0 Å². The van der Waals surface area contributed by atoms with Gasteiger partial charge in [-0.05, 0) is 45.8 Å². The molecule has 0 unspecified atom stereocenters. The third kappa shape index (κ3) is 2.17. The number of nitriles is 1. The van der Waals surface area contributed by atoms with E-state index in [2.05, 4.69) is 50.1 Å². The first-order valence-corrected chi connectivity index (χ1v) is 7.92. The van der Waals surface area contributed by atoms with Crippen molar-refractivity contribution in [3.63, 3.8) is 0 Å². The lowest BCUT2D eigenvalue weighted by atomic mass is 10.0. The van der Waals surface area contributed by atoms with Crippen molar-refractivity contribution in [2.45, 2.75) is 5.33 Å². The van der Waals surface area contributed by atoms with Gasteiger partial charge in [-0.1, -0.05) is 34.1 Å². The zero-order valence-electron chi connectivity index (χ0n) is 10.4. The van der Waals surface area contributed by atoms with Crippen molar-refractivity contribution < 1.29 is 4.42 Å². The van der Waals surface area contributed by atoms with Crippen molar-refractivity contribution in [3.05, 3.63) is 58.3 Å². The van der Waals surface area contributed by atoms with E-state index in [4.69, 9.17) is 4.42 Å². The van der Waals surface area contributed by atoms with Gasteiger partial charge >= 0.3 is 0 Å². The maximum absolute atomic E-state index is 9.25. The molecule has 1 heterocycles. The van der Waals surface area contributed by atoms with Crippen LogP contribution in [-0.4, -0.2) is 0 Å². The molecular weight excluding hydrogens is 382 g/mol. The highest BCUT2D eigenvalue weighted by atomic mass is 79.9. The van der Waals surface area contributed by atoms with Crippen LogP contribution in [0.15, 0.2) is 51.6 Å². The molecule has 1 aromatic heterocycles. The molecule has 2 nitrogen and oxygen atoms in total. The quantitative estimate of drug-likeness (QED) is 0.531. The van der Waals surface area contributed by atoms with Crippen LogP contribution in [0.5, 0.6) is 0 Å². The molecule has 0 aliphatic heterocycles. The standard InChI is InChI=1S/C16H9Br2NO/c17-8-10-5-6-13-14(7-10)15(20-16(13)18)12-4-2-1-3-11(12)9-19/h1-7H,8H2. The number of furan rings is 1. The minimum Gasteiger partial charge on any atom is -0.448 e. The van der Waals surface area contributed by atoms with Gasteiger partial charge in [0.15, 0.2) is 4.67 Å². The minimum atomic E-state index is 0.611. The van der Waals surface area contributed by atoms with E-state index in [1.165, 1.54) is 5.56 Å². The zero-order valence-corrected chi connectivity index (χ0v) is 13.5. The Labute approximate surface area is 133 Å². The highest BCUT2D eigenvalue weighted by molar-refractivity contribution is 9.10. The van der Waals surface area contributed by atoms with Crippen molar-refractivity contribution in [1.29, 1.82) is 5.26 Å². The third-order valence-corrected chi connectivity index (χ3v) is 4.41. The molecule has 0 fully saturated rings. The summed E-state index contributed by atoms with van der Waals surface area (Å²) in [5, 5.41) is 12.1. The maximum Gasteiger partial charge on any atom is 0.177 e. The second-order valence-electron chi connectivity index (χ2n) is 4.38. The number of fused-ring (bicyclic) bond motifs is 1. The summed E-state index contributed by atoms with van der Waals surface area (Å²) in [6, 6.07) is 15.8. The number of halogens is 2. The van der Waals surface area contributed by atoms with E-state index < -0.39 is 0 Å². The van der Waals surface area contributed by atoms with Gasteiger partial charge in [0.1, 0.15) is 5.76 Å². The predicted octanol–water partition coefficient (Wildman–Crippen LogP) is 5.63. The van der Waals surface area contributed by atoms with Gasteiger partial charge in [0, 0.05) is 21.7 Å². The molecule has 98 valence electrons. The summed E-state index contributed by atoms with van der Waals surface area (Å²) >= 11 is 6.91. The van der Waals surface area contributed by atoms with E-state index in [-0.39, 0.29) is 0 Å². The highest BCUT2D eigenvalue weighted by Gasteiger charge is 2.16. The summed E-state index contributed by atoms with van der Waals surface area (Å²) < 4.78 is 6.53. The summed E-state index contributed by atoms with van der Waals surface area (Å²) in [5.74, 6) is 0.729. The second kappa shape index (κ2) is 5.43. The monoisotopic (exact) mass is 389 g/mol. The third-order valence-electron chi connectivity index (χ3n) is 3.18. The van der Waals surface area contributed by atoms with Crippen LogP contribution >= 0.6 is 31.9 Å². The van der Waals surface area contributed by atoms with Crippen molar-refractivity contribution in [2.75, 3.05) is 0 Å². The molecule has 0 spiro atoms. The molecule has 20 heavy (non-hydrogen) atoms. The van der Waals surface area contributed by atoms with Crippen molar-refractivity contribution in [1.82, 2.24) is 0 Å². The Morgan fingerprint density at radius 2 is 1.90 bits per heavy atom. The summed E-state index contributed by atoms with van der Waals surface area (Å²) in [7, 11) is 0. The van der Waals surface area contributed by atoms with Crippen LogP contribution < -0.4 is 0 Å². The number of hydrogen-bond acceptors (Lipinski definition) is 2. The number of hydrogen-bond donors (Lipinski definition) is 0. The molecule has 2 aromatic carbocycles. The van der Waals surface area contributed by atoms with Crippen LogP contribution in [0.1, 0.15) is 11.1 Å². The molecule has 0 radical (unpaired) electrons. The summed E-state index contributed by atoms with van der Waals surface area (Å²) in [6.45, 7) is 0. The minimum absolute atomic E-state index is 0.611. The van der Waals surface area contributed by atoms with E-state index in [1.54, 1.807) is 6.07 Å². The Morgan fingerprint density at radius 3 is 2.65 bits per heavy atom. The Morgan fingerprint density at radius 1 is 1.10 bits per heavy atom. The lowest BCUT2D eigenvalue weighted by Crippen LogP contribution is -1.83. The highest BCUT2D eigenvalue weighted by Crippen LogP contribution is 2.38. The van der Waals surface area contributed by atoms with Crippen LogP contribution in [0.4, 0.5) is 0 Å². The Kier molecular flexibility index (Phi) is 3.64. The number of nitrogens with zero attached hydrogens (tertiary/aromatic N) is 1. The average Bonchev–Trinajstić information content (AvgIpc) is 2.83. The largest absolute Gasteiger partial charge is 0.448 e. The van der Waals surface area contributed by atoms with E-state index >= 15 is 0 Å². The van der Waals surface area contributed by atoms with Gasteiger partial charge in [-0.25, -0.2) is 0 Å². The summed E-state index contributed by atoms with van der Waals surface area (Å²) in [5.41, 5.74) is 2.60. The number of rotatable bonds is 2. The van der Waals surface area contributed by atoms with Gasteiger partial charge in [-0.2, -0.15) is 5.26 Å². The first-order chi connectivity index (χ1) is 9.74. The molecule has 4 heteroatoms. The molecular formula is C16H9Br2NO. The molecule has 0 aliphatic rings. The lowest BCUT2D eigenvalue weighted by Gasteiger charge is -2.01. The zero-order chi connectivity index (χ0) is 14.1. The van der Waals surface area contributed by atoms with Crippen LogP contribution in [-0.2, 0) is 5.33 Å². The Bertz CT molecular complexity index is 830. The smallest absolute Gasteiger partial charge is 0.177 e. The van der Waals surface area contributed by atoms with Gasteiger partial charge in [-0.3, -0.25) is 0 Å². The summed E-state index contributed by atoms with van der Waals surface area (Å²) in [6.07, 6.45) is 0. The van der Waals surface area contributed by atoms with Crippen LogP contribution in [0.25, 0.3) is 22.1 Å². The van der Waals surface area contributed by atoms with Gasteiger partial charge in [-0.15, -0.1) is 0 Å². The topological polar surface area (TPSA) is 36.9 Å².